The Hall–Kier alpha value is -2.69. The van der Waals surface area contributed by atoms with Crippen molar-refractivity contribution in [2.24, 2.45) is 0 Å². The van der Waals surface area contributed by atoms with E-state index in [1.807, 2.05) is 0 Å². The second kappa shape index (κ2) is 7.91. The Morgan fingerprint density at radius 3 is 2.34 bits per heavy atom. The second-order valence-corrected chi connectivity index (χ2v) is 9.80. The average Bonchev–Trinajstić information content (AvgIpc) is 3.30. The first kappa shape index (κ1) is 24.0. The van der Waals surface area contributed by atoms with Crippen molar-refractivity contribution in [3.05, 3.63) is 53.1 Å². The van der Waals surface area contributed by atoms with Gasteiger partial charge < -0.3 is 33.9 Å². The summed E-state index contributed by atoms with van der Waals surface area (Å²) in [6.45, 7) is 3.60. The summed E-state index contributed by atoms with van der Waals surface area (Å²) in [5.74, 6) is -1.60. The number of nitrogens with zero attached hydrogens (tertiary/aromatic N) is 2. The minimum Gasteiger partial charge on any atom is -0.497 e. The molecular weight excluding hydrogens is 476 g/mol. The molecule has 0 aliphatic carbocycles. The zero-order valence-electron chi connectivity index (χ0n) is 20.1. The first-order valence-electron chi connectivity index (χ1n) is 11.2. The molecular formula is C25H27ClN2O7. The summed E-state index contributed by atoms with van der Waals surface area (Å²) >= 11 is 6.29. The molecule has 2 saturated heterocycles. The van der Waals surface area contributed by atoms with Gasteiger partial charge in [0.05, 0.1) is 19.4 Å². The number of hydrogen-bond acceptors (Lipinski definition) is 7. The van der Waals surface area contributed by atoms with E-state index < -0.39 is 40.9 Å². The van der Waals surface area contributed by atoms with Gasteiger partial charge in [-0.3, -0.25) is 9.59 Å². The maximum atomic E-state index is 13.9. The lowest BCUT2D eigenvalue weighted by atomic mass is 9.64. The van der Waals surface area contributed by atoms with Gasteiger partial charge in [0.25, 0.3) is 11.8 Å². The van der Waals surface area contributed by atoms with Crippen molar-refractivity contribution in [3.8, 4) is 5.75 Å². The number of halogens is 1. The highest BCUT2D eigenvalue weighted by molar-refractivity contribution is 6.31. The molecule has 0 aromatic heterocycles. The average molecular weight is 503 g/mol. The smallest absolute Gasteiger partial charge is 0.267 e. The second-order valence-electron chi connectivity index (χ2n) is 9.36. The molecule has 1 N–H and O–H groups in total. The summed E-state index contributed by atoms with van der Waals surface area (Å²) in [4.78, 5) is 30.5. The summed E-state index contributed by atoms with van der Waals surface area (Å²) in [7, 11) is 4.41. The van der Waals surface area contributed by atoms with Crippen molar-refractivity contribution in [1.29, 1.82) is 0 Å². The Morgan fingerprint density at radius 2 is 1.77 bits per heavy atom. The van der Waals surface area contributed by atoms with E-state index in [-0.39, 0.29) is 6.61 Å². The Labute approximate surface area is 208 Å². The van der Waals surface area contributed by atoms with Crippen LogP contribution in [0.1, 0.15) is 19.4 Å². The lowest BCUT2D eigenvalue weighted by molar-refractivity contribution is -0.223. The highest BCUT2D eigenvalue weighted by Crippen LogP contribution is 2.57. The number of fused-ring (bicyclic) bond motifs is 1. The standard InChI is InChI=1S/C25H27ClN2O7/c1-23(2)34-13-19(35-23)20-24(31,21(29)28(20)15-7-9-16(32-4)10-8-15)25(33-5)17-12-14(26)6-11-18(17)27(3)22(25)30/h6-12,19-20,31H,13H2,1-5H3/t19-,20+,24-,25+/m1/s1. The molecule has 3 heterocycles. The summed E-state index contributed by atoms with van der Waals surface area (Å²) in [5, 5.41) is 12.7. The molecule has 35 heavy (non-hydrogen) atoms. The number of benzene rings is 2. The van der Waals surface area contributed by atoms with Crippen LogP contribution < -0.4 is 14.5 Å². The van der Waals surface area contributed by atoms with Crippen molar-refractivity contribution >= 4 is 34.8 Å². The minimum absolute atomic E-state index is 0.103. The zero-order chi connectivity index (χ0) is 25.3. The van der Waals surface area contributed by atoms with E-state index in [1.54, 1.807) is 70.5 Å². The van der Waals surface area contributed by atoms with Gasteiger partial charge in [0, 0.05) is 30.4 Å². The summed E-state index contributed by atoms with van der Waals surface area (Å²) in [6.07, 6.45) is -0.747. The number of methoxy groups -OCH3 is 2. The molecule has 2 fully saturated rings. The Balaban J connectivity index is 1.68. The molecule has 10 heteroatoms. The number of anilines is 2. The van der Waals surface area contributed by atoms with Crippen molar-refractivity contribution in [3.63, 3.8) is 0 Å². The largest absolute Gasteiger partial charge is 0.497 e. The van der Waals surface area contributed by atoms with Gasteiger partial charge >= 0.3 is 0 Å². The lowest BCUT2D eigenvalue weighted by Crippen LogP contribution is -2.86. The molecule has 186 valence electrons. The van der Waals surface area contributed by atoms with E-state index in [0.717, 1.165) is 0 Å². The lowest BCUT2D eigenvalue weighted by Gasteiger charge is -2.59. The SMILES string of the molecule is COc1ccc(N2C(=O)[C@@](O)([C@@]3(OC)C(=O)N(C)c4ccc(Cl)cc43)[C@@H]2[C@H]2COC(C)(C)O2)cc1. The van der Waals surface area contributed by atoms with Gasteiger partial charge in [-0.25, -0.2) is 0 Å². The van der Waals surface area contributed by atoms with E-state index in [0.29, 0.717) is 27.7 Å². The van der Waals surface area contributed by atoms with Gasteiger partial charge in [-0.05, 0) is 56.3 Å². The molecule has 3 aliphatic heterocycles. The molecule has 0 radical (unpaired) electrons. The minimum atomic E-state index is -2.31. The van der Waals surface area contributed by atoms with Crippen LogP contribution in [-0.4, -0.2) is 68.3 Å². The predicted molar refractivity (Wildman–Crippen MR) is 128 cm³/mol. The number of amides is 2. The number of ether oxygens (including phenoxy) is 4. The molecule has 0 spiro atoms. The van der Waals surface area contributed by atoms with Crippen molar-refractivity contribution in [1.82, 2.24) is 0 Å². The van der Waals surface area contributed by atoms with Gasteiger partial charge in [-0.1, -0.05) is 11.6 Å². The quantitative estimate of drug-likeness (QED) is 0.627. The highest BCUT2D eigenvalue weighted by Gasteiger charge is 2.79. The van der Waals surface area contributed by atoms with E-state index in [9.17, 15) is 14.7 Å². The van der Waals surface area contributed by atoms with Crippen LogP contribution >= 0.6 is 11.6 Å². The number of aliphatic hydroxyl groups is 1. The van der Waals surface area contributed by atoms with Crippen molar-refractivity contribution in [2.75, 3.05) is 37.7 Å². The first-order valence-corrected chi connectivity index (χ1v) is 11.5. The third-order valence-corrected chi connectivity index (χ3v) is 7.37. The van der Waals surface area contributed by atoms with E-state index in [1.165, 1.54) is 16.9 Å². The number of carbonyl (C=O) groups excluding carboxylic acids is 2. The molecule has 9 nitrogen and oxygen atoms in total. The Kier molecular flexibility index (Phi) is 5.43. The maximum Gasteiger partial charge on any atom is 0.267 e. The Bertz CT molecular complexity index is 1200. The van der Waals surface area contributed by atoms with Crippen LogP contribution in [0.15, 0.2) is 42.5 Å². The molecule has 0 saturated carbocycles. The monoisotopic (exact) mass is 502 g/mol. The molecule has 4 atom stereocenters. The molecule has 0 unspecified atom stereocenters. The van der Waals surface area contributed by atoms with E-state index >= 15 is 0 Å². The molecule has 2 amide bonds. The number of likely N-dealkylation sites (N-methyl/N-ethyl adjacent to an activating group) is 1. The fraction of sp³-hybridized carbons (Fsp3) is 0.440. The number of rotatable bonds is 5. The number of β-lactam (4-membered cyclic amide) rings is 1. The number of hydrogen-bond donors (Lipinski definition) is 1. The molecule has 0 bridgehead atoms. The van der Waals surface area contributed by atoms with Crippen LogP contribution in [-0.2, 0) is 29.4 Å². The Morgan fingerprint density at radius 1 is 1.09 bits per heavy atom. The van der Waals surface area contributed by atoms with Crippen LogP contribution in [0.4, 0.5) is 11.4 Å². The van der Waals surface area contributed by atoms with Crippen LogP contribution in [0.2, 0.25) is 5.02 Å². The first-order chi connectivity index (χ1) is 16.5. The van der Waals surface area contributed by atoms with Crippen LogP contribution in [0.5, 0.6) is 5.75 Å². The molecule has 5 rings (SSSR count). The maximum absolute atomic E-state index is 13.9. The van der Waals surface area contributed by atoms with Gasteiger partial charge in [0.15, 0.2) is 5.79 Å². The molecule has 3 aliphatic rings. The van der Waals surface area contributed by atoms with E-state index in [2.05, 4.69) is 0 Å². The van der Waals surface area contributed by atoms with Crippen LogP contribution in [0.25, 0.3) is 0 Å². The van der Waals surface area contributed by atoms with Gasteiger partial charge in [0.1, 0.15) is 17.9 Å². The zero-order valence-corrected chi connectivity index (χ0v) is 20.8. The summed E-state index contributed by atoms with van der Waals surface area (Å²) in [6, 6.07) is 10.7. The third-order valence-electron chi connectivity index (χ3n) is 7.13. The van der Waals surface area contributed by atoms with Crippen molar-refractivity contribution < 1.29 is 33.6 Å². The fourth-order valence-corrected chi connectivity index (χ4v) is 5.68. The molecule has 2 aromatic carbocycles. The fourth-order valence-electron chi connectivity index (χ4n) is 5.51. The summed E-state index contributed by atoms with van der Waals surface area (Å²) in [5.41, 5.74) is -3.03. The van der Waals surface area contributed by atoms with Crippen molar-refractivity contribution in [2.45, 2.75) is 43.0 Å². The third kappa shape index (κ3) is 3.09. The highest BCUT2D eigenvalue weighted by atomic mass is 35.5. The van der Waals surface area contributed by atoms with Gasteiger partial charge in [0.2, 0.25) is 11.2 Å². The normalized spacial score (nSPS) is 31.5. The van der Waals surface area contributed by atoms with Crippen LogP contribution in [0, 0.1) is 0 Å². The predicted octanol–water partition coefficient (Wildman–Crippen LogP) is 2.46. The van der Waals surface area contributed by atoms with Gasteiger partial charge in [-0.15, -0.1) is 0 Å². The number of carbonyl (C=O) groups is 2. The molecule has 2 aromatic rings. The topological polar surface area (TPSA) is 97.8 Å². The van der Waals surface area contributed by atoms with Gasteiger partial charge in [-0.2, -0.15) is 0 Å². The summed E-state index contributed by atoms with van der Waals surface area (Å²) < 4.78 is 23.0. The van der Waals surface area contributed by atoms with Crippen LogP contribution in [0.3, 0.4) is 0 Å². The van der Waals surface area contributed by atoms with E-state index in [4.69, 9.17) is 30.5 Å².